The molecule has 0 saturated carbocycles. The molecule has 2 heterocycles. The van der Waals surface area contributed by atoms with Crippen LogP contribution >= 0.6 is 0 Å². The minimum atomic E-state index is -0.724. The Bertz CT molecular complexity index is 652. The van der Waals surface area contributed by atoms with E-state index in [1.54, 1.807) is 4.57 Å². The van der Waals surface area contributed by atoms with Crippen LogP contribution in [-0.4, -0.2) is 22.4 Å². The van der Waals surface area contributed by atoms with Crippen LogP contribution in [0.4, 0.5) is 14.7 Å². The van der Waals surface area contributed by atoms with Gasteiger partial charge in [-0.1, -0.05) is 0 Å². The lowest BCUT2D eigenvalue weighted by atomic mass is 10.1. The van der Waals surface area contributed by atoms with Crippen molar-refractivity contribution in [3.8, 4) is 11.3 Å². The van der Waals surface area contributed by atoms with E-state index < -0.39 is 11.6 Å². The molecule has 0 spiro atoms. The molecule has 0 atom stereocenters. The van der Waals surface area contributed by atoms with Crippen LogP contribution < -0.4 is 5.32 Å². The summed E-state index contributed by atoms with van der Waals surface area (Å²) in [6.45, 7) is 1.42. The number of benzene rings is 1. The highest BCUT2D eigenvalue weighted by atomic mass is 19.1. The molecule has 0 saturated heterocycles. The largest absolute Gasteiger partial charge is 0.356 e. The monoisotopic (exact) mass is 263 g/mol. The molecule has 0 radical (unpaired) electrons. The molecule has 19 heavy (non-hydrogen) atoms. The van der Waals surface area contributed by atoms with Crippen molar-refractivity contribution in [2.75, 3.05) is 11.9 Å². The molecule has 0 bridgehead atoms. The maximum Gasteiger partial charge on any atom is 0.203 e. The number of halogens is 2. The zero-order valence-electron chi connectivity index (χ0n) is 9.99. The van der Waals surface area contributed by atoms with Gasteiger partial charge >= 0.3 is 0 Å². The number of hydrogen-bond acceptors (Lipinski definition) is 3. The lowest BCUT2D eigenvalue weighted by molar-refractivity contribution is 0.111. The summed E-state index contributed by atoms with van der Waals surface area (Å²) in [5.74, 6) is -0.832. The van der Waals surface area contributed by atoms with Crippen molar-refractivity contribution in [2.24, 2.45) is 0 Å². The van der Waals surface area contributed by atoms with E-state index in [0.29, 0.717) is 24.5 Å². The average Bonchev–Trinajstić information content (AvgIpc) is 2.76. The van der Waals surface area contributed by atoms with Crippen LogP contribution in [0.1, 0.15) is 16.9 Å². The fraction of sp³-hybridized carbons (Fsp3) is 0.231. The van der Waals surface area contributed by atoms with Gasteiger partial charge < -0.3 is 9.88 Å². The first-order valence-corrected chi connectivity index (χ1v) is 5.95. The molecule has 1 aromatic heterocycles. The first-order chi connectivity index (χ1) is 9.20. The second-order valence-corrected chi connectivity index (χ2v) is 4.34. The van der Waals surface area contributed by atoms with Gasteiger partial charge in [0.25, 0.3) is 0 Å². The van der Waals surface area contributed by atoms with Gasteiger partial charge in [-0.05, 0) is 18.6 Å². The zero-order chi connectivity index (χ0) is 13.4. The van der Waals surface area contributed by atoms with Gasteiger partial charge in [0.05, 0.1) is 0 Å². The zero-order valence-corrected chi connectivity index (χ0v) is 9.99. The summed E-state index contributed by atoms with van der Waals surface area (Å²) < 4.78 is 28.4. The molecule has 6 heteroatoms. The Labute approximate surface area is 108 Å². The first kappa shape index (κ1) is 11.8. The molecular formula is C13H11F2N3O. The number of nitrogens with one attached hydrogen (secondary N) is 1. The molecule has 1 aliphatic rings. The molecule has 1 aromatic carbocycles. The quantitative estimate of drug-likeness (QED) is 0.847. The maximum atomic E-state index is 13.8. The molecule has 1 N–H and O–H groups in total. The van der Waals surface area contributed by atoms with E-state index >= 15 is 0 Å². The van der Waals surface area contributed by atoms with Crippen LogP contribution in [0.3, 0.4) is 0 Å². The van der Waals surface area contributed by atoms with E-state index in [2.05, 4.69) is 10.3 Å². The third-order valence-electron chi connectivity index (χ3n) is 3.15. The Morgan fingerprint density at radius 1 is 1.37 bits per heavy atom. The van der Waals surface area contributed by atoms with Gasteiger partial charge in [-0.3, -0.25) is 4.79 Å². The van der Waals surface area contributed by atoms with Gasteiger partial charge in [0.2, 0.25) is 5.95 Å². The Morgan fingerprint density at radius 2 is 2.21 bits per heavy atom. The molecule has 3 rings (SSSR count). The van der Waals surface area contributed by atoms with Crippen molar-refractivity contribution in [2.45, 2.75) is 13.0 Å². The number of carbonyl (C=O) groups is 1. The highest BCUT2D eigenvalue weighted by Crippen LogP contribution is 2.29. The van der Waals surface area contributed by atoms with E-state index in [1.165, 1.54) is 6.07 Å². The van der Waals surface area contributed by atoms with Gasteiger partial charge in [-0.2, -0.15) is 0 Å². The molecule has 0 unspecified atom stereocenters. The number of hydrogen-bond donors (Lipinski definition) is 1. The van der Waals surface area contributed by atoms with E-state index in [9.17, 15) is 13.6 Å². The standard InChI is InChI=1S/C13H11F2N3O/c14-8-2-3-9(10(15)6-8)12-11(7-19)18-5-1-4-16-13(18)17-12/h2-3,6-7H,1,4-5H2,(H,16,17). The third-order valence-corrected chi connectivity index (χ3v) is 3.15. The molecule has 0 amide bonds. The summed E-state index contributed by atoms with van der Waals surface area (Å²) in [6, 6.07) is 3.24. The molecule has 2 aromatic rings. The van der Waals surface area contributed by atoms with Gasteiger partial charge in [-0.15, -0.1) is 0 Å². The molecule has 98 valence electrons. The van der Waals surface area contributed by atoms with Gasteiger partial charge in [0.1, 0.15) is 23.0 Å². The summed E-state index contributed by atoms with van der Waals surface area (Å²) in [7, 11) is 0. The maximum absolute atomic E-state index is 13.8. The highest BCUT2D eigenvalue weighted by Gasteiger charge is 2.22. The van der Waals surface area contributed by atoms with Crippen LogP contribution in [0, 0.1) is 11.6 Å². The number of aldehydes is 1. The fourth-order valence-electron chi connectivity index (χ4n) is 2.26. The van der Waals surface area contributed by atoms with Crippen molar-refractivity contribution < 1.29 is 13.6 Å². The van der Waals surface area contributed by atoms with Crippen LogP contribution in [0.2, 0.25) is 0 Å². The van der Waals surface area contributed by atoms with Crippen molar-refractivity contribution in [3.63, 3.8) is 0 Å². The average molecular weight is 263 g/mol. The Balaban J connectivity index is 2.19. The van der Waals surface area contributed by atoms with Crippen molar-refractivity contribution in [1.82, 2.24) is 9.55 Å². The minimum Gasteiger partial charge on any atom is -0.356 e. The van der Waals surface area contributed by atoms with Crippen LogP contribution in [0.5, 0.6) is 0 Å². The number of fused-ring (bicyclic) bond motifs is 1. The van der Waals surface area contributed by atoms with Crippen molar-refractivity contribution in [3.05, 3.63) is 35.5 Å². The molecular weight excluding hydrogens is 252 g/mol. The number of nitrogens with zero attached hydrogens (tertiary/aromatic N) is 2. The van der Waals surface area contributed by atoms with Crippen molar-refractivity contribution in [1.29, 1.82) is 0 Å². The van der Waals surface area contributed by atoms with E-state index in [0.717, 1.165) is 25.1 Å². The second kappa shape index (κ2) is 4.46. The SMILES string of the molecule is O=Cc1c(-c2ccc(F)cc2F)nc2n1CCCN2. The summed E-state index contributed by atoms with van der Waals surface area (Å²) in [5.41, 5.74) is 0.691. The molecule has 4 nitrogen and oxygen atoms in total. The van der Waals surface area contributed by atoms with E-state index in [-0.39, 0.29) is 11.3 Å². The summed E-state index contributed by atoms with van der Waals surface area (Å²) in [5, 5.41) is 3.05. The Morgan fingerprint density at radius 3 is 2.95 bits per heavy atom. The first-order valence-electron chi connectivity index (χ1n) is 5.95. The minimum absolute atomic E-state index is 0.132. The fourth-order valence-corrected chi connectivity index (χ4v) is 2.26. The van der Waals surface area contributed by atoms with Gasteiger partial charge in [0.15, 0.2) is 6.29 Å². The van der Waals surface area contributed by atoms with E-state index in [1.807, 2.05) is 0 Å². The number of rotatable bonds is 2. The summed E-state index contributed by atoms with van der Waals surface area (Å²) in [4.78, 5) is 15.5. The van der Waals surface area contributed by atoms with Crippen LogP contribution in [0.25, 0.3) is 11.3 Å². The lowest BCUT2D eigenvalue weighted by Gasteiger charge is -2.15. The highest BCUT2D eigenvalue weighted by molar-refractivity contribution is 5.85. The predicted molar refractivity (Wildman–Crippen MR) is 66.1 cm³/mol. The molecule has 0 fully saturated rings. The Kier molecular flexibility index (Phi) is 2.77. The summed E-state index contributed by atoms with van der Waals surface area (Å²) >= 11 is 0. The lowest BCUT2D eigenvalue weighted by Crippen LogP contribution is -2.18. The number of anilines is 1. The number of imidazole rings is 1. The van der Waals surface area contributed by atoms with Crippen LogP contribution in [0.15, 0.2) is 18.2 Å². The number of aromatic nitrogens is 2. The van der Waals surface area contributed by atoms with Gasteiger partial charge in [-0.25, -0.2) is 13.8 Å². The van der Waals surface area contributed by atoms with Gasteiger partial charge in [0, 0.05) is 24.7 Å². The third kappa shape index (κ3) is 1.89. The molecule has 0 aliphatic carbocycles. The molecule has 1 aliphatic heterocycles. The normalized spacial score (nSPS) is 13.8. The van der Waals surface area contributed by atoms with E-state index in [4.69, 9.17) is 0 Å². The topological polar surface area (TPSA) is 46.9 Å². The Hall–Kier alpha value is -2.24. The summed E-state index contributed by atoms with van der Waals surface area (Å²) in [6.07, 6.45) is 1.52. The van der Waals surface area contributed by atoms with Crippen LogP contribution in [-0.2, 0) is 6.54 Å². The smallest absolute Gasteiger partial charge is 0.203 e. The van der Waals surface area contributed by atoms with Crippen molar-refractivity contribution >= 4 is 12.2 Å². The second-order valence-electron chi connectivity index (χ2n) is 4.34. The number of carbonyl (C=O) groups excluding carboxylic acids is 1. The predicted octanol–water partition coefficient (Wildman–Crippen LogP) is 2.46.